The summed E-state index contributed by atoms with van der Waals surface area (Å²) in [6, 6.07) is 0. The highest BCUT2D eigenvalue weighted by Crippen LogP contribution is 1.93. The molecule has 0 aliphatic heterocycles. The van der Waals surface area contributed by atoms with Crippen LogP contribution < -0.4 is 5.73 Å². The maximum Gasteiger partial charge on any atom is 0.399 e. The van der Waals surface area contributed by atoms with Crippen LogP contribution in [0.1, 0.15) is 6.92 Å². The van der Waals surface area contributed by atoms with E-state index in [1.165, 1.54) is 0 Å². The molecule has 0 radical (unpaired) electrons. The summed E-state index contributed by atoms with van der Waals surface area (Å²) in [5.74, 6) is 0. The largest absolute Gasteiger partial charge is 0.399 e. The van der Waals surface area contributed by atoms with Gasteiger partial charge in [-0.1, -0.05) is 0 Å². The average Bonchev–Trinajstić information content (AvgIpc) is 1.84. The Morgan fingerprint density at radius 1 is 1.40 bits per heavy atom. The van der Waals surface area contributed by atoms with Crippen molar-refractivity contribution in [2.75, 3.05) is 19.8 Å². The Balaban J connectivity index is 3.65. The molecule has 0 aliphatic rings. The van der Waals surface area contributed by atoms with Gasteiger partial charge in [-0.25, -0.2) is 8.37 Å². The second-order valence-electron chi connectivity index (χ2n) is 1.43. The molecule has 0 unspecified atom stereocenters. The smallest absolute Gasteiger partial charge is 0.328 e. The van der Waals surface area contributed by atoms with Crippen molar-refractivity contribution >= 4 is 10.4 Å². The molecule has 0 saturated carbocycles. The van der Waals surface area contributed by atoms with Gasteiger partial charge in [0.05, 0.1) is 13.2 Å². The van der Waals surface area contributed by atoms with Gasteiger partial charge in [0, 0.05) is 6.54 Å². The minimum absolute atomic E-state index is 0.0394. The van der Waals surface area contributed by atoms with Gasteiger partial charge in [-0.3, -0.25) is 0 Å². The number of hydrogen-bond acceptors (Lipinski definition) is 5. The lowest BCUT2D eigenvalue weighted by Crippen LogP contribution is -2.15. The molecule has 0 aromatic rings. The van der Waals surface area contributed by atoms with Crippen molar-refractivity contribution in [1.29, 1.82) is 0 Å². The Hall–Kier alpha value is -0.170. The molecule has 0 atom stereocenters. The van der Waals surface area contributed by atoms with E-state index in [0.717, 1.165) is 0 Å². The highest BCUT2D eigenvalue weighted by molar-refractivity contribution is 7.81. The standard InChI is InChI=1S/C4H11NO4S/c1-2-8-10(6,7)9-4-3-5/h2-5H2,1H3. The fourth-order valence-electron chi connectivity index (χ4n) is 0.329. The third-order valence-electron chi connectivity index (χ3n) is 0.608. The maximum absolute atomic E-state index is 10.5. The number of rotatable bonds is 5. The second kappa shape index (κ2) is 4.62. The Labute approximate surface area is 60.4 Å². The van der Waals surface area contributed by atoms with Crippen LogP contribution in [0.2, 0.25) is 0 Å². The molecule has 2 N–H and O–H groups in total. The van der Waals surface area contributed by atoms with Gasteiger partial charge in [0.15, 0.2) is 0 Å². The molecule has 0 amide bonds. The van der Waals surface area contributed by atoms with Crippen molar-refractivity contribution in [2.45, 2.75) is 6.92 Å². The minimum atomic E-state index is -3.77. The fraction of sp³-hybridized carbons (Fsp3) is 1.00. The van der Waals surface area contributed by atoms with Gasteiger partial charge in [-0.2, -0.15) is 8.42 Å². The maximum atomic E-state index is 10.5. The van der Waals surface area contributed by atoms with Crippen LogP contribution in [0.15, 0.2) is 0 Å². The van der Waals surface area contributed by atoms with Crippen LogP contribution in [0.5, 0.6) is 0 Å². The SMILES string of the molecule is CCOS(=O)(=O)OCCN. The monoisotopic (exact) mass is 169 g/mol. The molecule has 10 heavy (non-hydrogen) atoms. The lowest BCUT2D eigenvalue weighted by Gasteiger charge is -2.00. The third kappa shape index (κ3) is 4.68. The van der Waals surface area contributed by atoms with Crippen LogP contribution >= 0.6 is 0 Å². The molecule has 0 heterocycles. The van der Waals surface area contributed by atoms with Gasteiger partial charge in [-0.05, 0) is 6.92 Å². The molecule has 0 fully saturated rings. The van der Waals surface area contributed by atoms with Crippen LogP contribution in [0.3, 0.4) is 0 Å². The molecule has 0 rings (SSSR count). The predicted molar refractivity (Wildman–Crippen MR) is 35.6 cm³/mol. The molecule has 0 spiro atoms. The topological polar surface area (TPSA) is 78.6 Å². The van der Waals surface area contributed by atoms with Gasteiger partial charge < -0.3 is 5.73 Å². The second-order valence-corrected chi connectivity index (χ2v) is 2.71. The first kappa shape index (κ1) is 9.83. The van der Waals surface area contributed by atoms with Crippen LogP contribution in [-0.4, -0.2) is 28.2 Å². The minimum Gasteiger partial charge on any atom is -0.328 e. The third-order valence-corrected chi connectivity index (χ3v) is 1.59. The van der Waals surface area contributed by atoms with E-state index < -0.39 is 10.4 Å². The van der Waals surface area contributed by atoms with Crippen LogP contribution in [0, 0.1) is 0 Å². The first-order valence-electron chi connectivity index (χ1n) is 2.86. The molecule has 0 aliphatic carbocycles. The molecule has 0 saturated heterocycles. The molecular formula is C4H11NO4S. The molecule has 62 valence electrons. The lowest BCUT2D eigenvalue weighted by molar-refractivity contribution is 0.227. The highest BCUT2D eigenvalue weighted by Gasteiger charge is 2.08. The zero-order valence-electron chi connectivity index (χ0n) is 5.74. The highest BCUT2D eigenvalue weighted by atomic mass is 32.3. The molecule has 6 heteroatoms. The normalized spacial score (nSPS) is 11.8. The predicted octanol–water partition coefficient (Wildman–Crippen LogP) is -0.757. The lowest BCUT2D eigenvalue weighted by atomic mass is 10.8. The quantitative estimate of drug-likeness (QED) is 0.585. The Morgan fingerprint density at radius 3 is 2.40 bits per heavy atom. The van der Waals surface area contributed by atoms with Crippen molar-refractivity contribution < 1.29 is 16.8 Å². The van der Waals surface area contributed by atoms with Crippen LogP contribution in [0.4, 0.5) is 0 Å². The molecular weight excluding hydrogens is 158 g/mol. The first-order chi connectivity index (χ1) is 4.62. The summed E-state index contributed by atoms with van der Waals surface area (Å²) in [6.07, 6.45) is 0. The summed E-state index contributed by atoms with van der Waals surface area (Å²) in [7, 11) is -3.77. The first-order valence-corrected chi connectivity index (χ1v) is 4.19. The average molecular weight is 169 g/mol. The zero-order valence-corrected chi connectivity index (χ0v) is 6.56. The van der Waals surface area contributed by atoms with Crippen molar-refractivity contribution in [2.24, 2.45) is 5.73 Å². The number of hydrogen-bond donors (Lipinski definition) is 1. The van der Waals surface area contributed by atoms with Crippen LogP contribution in [0.25, 0.3) is 0 Å². The van der Waals surface area contributed by atoms with E-state index in [-0.39, 0.29) is 19.8 Å². The van der Waals surface area contributed by atoms with E-state index in [0.29, 0.717) is 0 Å². The van der Waals surface area contributed by atoms with Crippen molar-refractivity contribution in [1.82, 2.24) is 0 Å². The van der Waals surface area contributed by atoms with Gasteiger partial charge in [0.25, 0.3) is 0 Å². The Kier molecular flexibility index (Phi) is 4.54. The fourth-order valence-corrected chi connectivity index (χ4v) is 0.986. The van der Waals surface area contributed by atoms with E-state index in [9.17, 15) is 8.42 Å². The van der Waals surface area contributed by atoms with Crippen molar-refractivity contribution in [3.63, 3.8) is 0 Å². The van der Waals surface area contributed by atoms with E-state index >= 15 is 0 Å². The Morgan fingerprint density at radius 2 is 2.00 bits per heavy atom. The van der Waals surface area contributed by atoms with Gasteiger partial charge in [0.2, 0.25) is 0 Å². The van der Waals surface area contributed by atoms with E-state index in [2.05, 4.69) is 8.37 Å². The van der Waals surface area contributed by atoms with Crippen molar-refractivity contribution in [3.05, 3.63) is 0 Å². The summed E-state index contributed by atoms with van der Waals surface area (Å²) in [6.45, 7) is 1.75. The molecule has 5 nitrogen and oxygen atoms in total. The van der Waals surface area contributed by atoms with Crippen molar-refractivity contribution in [3.8, 4) is 0 Å². The molecule has 0 bridgehead atoms. The summed E-state index contributed by atoms with van der Waals surface area (Å²) >= 11 is 0. The molecule has 0 aromatic carbocycles. The van der Waals surface area contributed by atoms with E-state index in [1.807, 2.05) is 0 Å². The number of nitrogens with two attached hydrogens (primary N) is 1. The van der Waals surface area contributed by atoms with E-state index in [4.69, 9.17) is 5.73 Å². The van der Waals surface area contributed by atoms with Gasteiger partial charge in [0.1, 0.15) is 0 Å². The van der Waals surface area contributed by atoms with Gasteiger partial charge in [-0.15, -0.1) is 0 Å². The summed E-state index contributed by atoms with van der Waals surface area (Å²) < 4.78 is 29.4. The van der Waals surface area contributed by atoms with Crippen LogP contribution in [-0.2, 0) is 18.8 Å². The summed E-state index contributed by atoms with van der Waals surface area (Å²) in [5, 5.41) is 0. The van der Waals surface area contributed by atoms with Gasteiger partial charge >= 0.3 is 10.4 Å². The molecule has 0 aromatic heterocycles. The summed E-state index contributed by atoms with van der Waals surface area (Å²) in [5.41, 5.74) is 4.99. The Bertz CT molecular complexity index is 164. The zero-order chi connectivity index (χ0) is 8.04. The van der Waals surface area contributed by atoms with E-state index in [1.54, 1.807) is 6.92 Å². The summed E-state index contributed by atoms with van der Waals surface area (Å²) in [4.78, 5) is 0.